The lowest BCUT2D eigenvalue weighted by atomic mass is 9.96. The Morgan fingerprint density at radius 2 is 0.974 bits per heavy atom. The van der Waals surface area contributed by atoms with Gasteiger partial charge in [0.05, 0.1) is 12.1 Å². The molecule has 196 valence electrons. The minimum Gasteiger partial charge on any atom is -0.391 e. The summed E-state index contributed by atoms with van der Waals surface area (Å²) in [4.78, 5) is 0. The Kier molecular flexibility index (Phi) is 8.85. The van der Waals surface area contributed by atoms with E-state index >= 15 is 4.57 Å². The summed E-state index contributed by atoms with van der Waals surface area (Å²) in [6.07, 6.45) is 0.515. The highest BCUT2D eigenvalue weighted by atomic mass is 31.2. The van der Waals surface area contributed by atoms with Gasteiger partial charge in [0, 0.05) is 17.2 Å². The molecule has 3 nitrogen and oxygen atoms in total. The van der Waals surface area contributed by atoms with E-state index in [-0.39, 0.29) is 0 Å². The zero-order chi connectivity index (χ0) is 26.9. The van der Waals surface area contributed by atoms with E-state index in [9.17, 15) is 5.11 Å². The van der Waals surface area contributed by atoms with E-state index in [2.05, 4.69) is 28.9 Å². The Labute approximate surface area is 231 Å². The Morgan fingerprint density at radius 3 is 1.46 bits per heavy atom. The van der Waals surface area contributed by atoms with Crippen LogP contribution >= 0.6 is 7.29 Å². The molecular weight excluding hydrogens is 497 g/mol. The molecule has 0 bridgehead atoms. The first kappa shape index (κ1) is 26.8. The van der Waals surface area contributed by atoms with Gasteiger partial charge < -0.3 is 5.11 Å². The highest BCUT2D eigenvalue weighted by Gasteiger charge is 2.42. The van der Waals surface area contributed by atoms with Crippen LogP contribution in [-0.2, 0) is 17.5 Å². The molecule has 0 aliphatic carbocycles. The molecule has 0 heterocycles. The Balaban J connectivity index is 1.67. The zero-order valence-corrected chi connectivity index (χ0v) is 22.9. The van der Waals surface area contributed by atoms with Crippen LogP contribution in [0, 0.1) is 0 Å². The van der Waals surface area contributed by atoms with Crippen molar-refractivity contribution in [3.8, 4) is 0 Å². The van der Waals surface area contributed by atoms with Gasteiger partial charge in [-0.3, -0.25) is 4.57 Å². The first-order chi connectivity index (χ1) is 19.2. The highest BCUT2D eigenvalue weighted by Crippen LogP contribution is 2.54. The second-order valence-electron chi connectivity index (χ2n) is 9.78. The number of benzene rings is 5. The van der Waals surface area contributed by atoms with Crippen molar-refractivity contribution in [1.29, 1.82) is 0 Å². The summed E-state index contributed by atoms with van der Waals surface area (Å²) in [5.41, 5.74) is 3.16. The van der Waals surface area contributed by atoms with E-state index < -0.39 is 19.4 Å². The molecule has 0 saturated heterocycles. The molecule has 0 fully saturated rings. The number of aliphatic hydroxyl groups excluding tert-OH is 1. The van der Waals surface area contributed by atoms with E-state index in [1.54, 1.807) is 0 Å². The molecule has 0 spiro atoms. The monoisotopic (exact) mass is 531 g/mol. The molecule has 5 aromatic rings. The van der Waals surface area contributed by atoms with Crippen molar-refractivity contribution < 1.29 is 9.67 Å². The maximum atomic E-state index is 15.7. The van der Waals surface area contributed by atoms with Crippen LogP contribution in [0.3, 0.4) is 0 Å². The van der Waals surface area contributed by atoms with E-state index in [0.717, 1.165) is 28.2 Å². The minimum atomic E-state index is -3.40. The summed E-state index contributed by atoms with van der Waals surface area (Å²) in [5.74, 6) is 0. The molecule has 4 heteroatoms. The van der Waals surface area contributed by atoms with Crippen molar-refractivity contribution in [2.24, 2.45) is 0 Å². The third-order valence-corrected chi connectivity index (χ3v) is 10.3. The van der Waals surface area contributed by atoms with E-state index in [0.29, 0.717) is 13.0 Å². The smallest absolute Gasteiger partial charge is 0.208 e. The number of aliphatic hydroxyl groups is 1. The maximum absolute atomic E-state index is 15.7. The Bertz CT molecular complexity index is 1420. The van der Waals surface area contributed by atoms with Crippen LogP contribution in [0.2, 0.25) is 0 Å². The number of aryl methyl sites for hydroxylation is 1. The van der Waals surface area contributed by atoms with Crippen molar-refractivity contribution in [1.82, 2.24) is 4.67 Å². The van der Waals surface area contributed by atoms with Crippen LogP contribution in [0.1, 0.15) is 29.2 Å². The predicted octanol–water partition coefficient (Wildman–Crippen LogP) is 7.15. The fourth-order valence-electron chi connectivity index (χ4n) is 5.21. The third-order valence-electron chi connectivity index (χ3n) is 7.16. The predicted molar refractivity (Wildman–Crippen MR) is 162 cm³/mol. The van der Waals surface area contributed by atoms with Crippen molar-refractivity contribution in [3.05, 3.63) is 168 Å². The molecule has 2 unspecified atom stereocenters. The molecule has 0 aliphatic heterocycles. The molecule has 0 aliphatic rings. The molecular formula is C35H34NO2P. The van der Waals surface area contributed by atoms with E-state index in [1.165, 1.54) is 5.56 Å². The van der Waals surface area contributed by atoms with Gasteiger partial charge >= 0.3 is 0 Å². The summed E-state index contributed by atoms with van der Waals surface area (Å²) in [7, 11) is -3.40. The van der Waals surface area contributed by atoms with Crippen LogP contribution in [0.15, 0.2) is 152 Å². The third kappa shape index (κ3) is 6.29. The highest BCUT2D eigenvalue weighted by molar-refractivity contribution is 7.76. The molecule has 0 aromatic heterocycles. The lowest BCUT2D eigenvalue weighted by Crippen LogP contribution is -2.40. The van der Waals surface area contributed by atoms with Gasteiger partial charge in [0.15, 0.2) is 0 Å². The van der Waals surface area contributed by atoms with Crippen molar-refractivity contribution in [2.75, 3.05) is 0 Å². The number of nitrogens with zero attached hydrogens (tertiary/aromatic N) is 1. The SMILES string of the molecule is O=P(c1ccccc1)(c1ccccc1)N(Cc1ccccc1)C(c1ccccc1)C(O)CCc1ccccc1. The van der Waals surface area contributed by atoms with Gasteiger partial charge in [0.25, 0.3) is 0 Å². The normalized spacial score (nSPS) is 13.2. The molecule has 39 heavy (non-hydrogen) atoms. The fraction of sp³-hybridized carbons (Fsp3) is 0.143. The molecule has 0 saturated carbocycles. The van der Waals surface area contributed by atoms with Crippen LogP contribution in [0.5, 0.6) is 0 Å². The summed E-state index contributed by atoms with van der Waals surface area (Å²) in [6, 6.07) is 49.3. The summed E-state index contributed by atoms with van der Waals surface area (Å²) >= 11 is 0. The summed E-state index contributed by atoms with van der Waals surface area (Å²) in [6.45, 7) is 0.421. The number of rotatable bonds is 11. The standard InChI is InChI=1S/C35H34NO2P/c37-34(27-26-29-16-6-1-7-17-29)35(31-20-10-3-11-21-31)36(28-30-18-8-2-9-19-30)39(38,32-22-12-4-13-23-32)33-24-14-5-15-25-33/h1-25,34-35,37H,26-28H2. The van der Waals surface area contributed by atoms with E-state index in [1.807, 2.05) is 127 Å². The van der Waals surface area contributed by atoms with Gasteiger partial charge in [0.1, 0.15) is 0 Å². The van der Waals surface area contributed by atoms with Gasteiger partial charge in [-0.15, -0.1) is 0 Å². The van der Waals surface area contributed by atoms with Crippen LogP contribution in [0.4, 0.5) is 0 Å². The number of hydrogen-bond donors (Lipinski definition) is 1. The average Bonchev–Trinajstić information content (AvgIpc) is 3.02. The van der Waals surface area contributed by atoms with Gasteiger partial charge in [0.2, 0.25) is 7.29 Å². The lowest BCUT2D eigenvalue weighted by molar-refractivity contribution is 0.0794. The second kappa shape index (κ2) is 12.9. The Morgan fingerprint density at radius 1 is 0.564 bits per heavy atom. The molecule has 2 atom stereocenters. The summed E-state index contributed by atoms with van der Waals surface area (Å²) in [5, 5.41) is 13.5. The zero-order valence-electron chi connectivity index (χ0n) is 22.0. The molecule has 5 aromatic carbocycles. The quantitative estimate of drug-likeness (QED) is 0.184. The summed E-state index contributed by atoms with van der Waals surface area (Å²) < 4.78 is 17.8. The van der Waals surface area contributed by atoms with Gasteiger partial charge in [-0.05, 0) is 53.8 Å². The van der Waals surface area contributed by atoms with Crippen molar-refractivity contribution in [3.63, 3.8) is 0 Å². The lowest BCUT2D eigenvalue weighted by Gasteiger charge is -2.41. The molecule has 5 rings (SSSR count). The molecule has 0 radical (unpaired) electrons. The largest absolute Gasteiger partial charge is 0.391 e. The molecule has 1 N–H and O–H groups in total. The first-order valence-corrected chi connectivity index (χ1v) is 15.1. The Hall–Kier alpha value is -3.75. The van der Waals surface area contributed by atoms with E-state index in [4.69, 9.17) is 0 Å². The topological polar surface area (TPSA) is 40.5 Å². The number of hydrogen-bond acceptors (Lipinski definition) is 2. The average molecular weight is 532 g/mol. The van der Waals surface area contributed by atoms with Crippen LogP contribution in [-0.4, -0.2) is 15.9 Å². The van der Waals surface area contributed by atoms with Crippen LogP contribution in [0.25, 0.3) is 0 Å². The maximum Gasteiger partial charge on any atom is 0.208 e. The van der Waals surface area contributed by atoms with Gasteiger partial charge in [-0.25, -0.2) is 4.67 Å². The second-order valence-corrected chi connectivity index (χ2v) is 12.5. The van der Waals surface area contributed by atoms with Gasteiger partial charge in [-0.1, -0.05) is 127 Å². The fourth-order valence-corrected chi connectivity index (χ4v) is 8.25. The minimum absolute atomic E-state index is 0.421. The van der Waals surface area contributed by atoms with Crippen molar-refractivity contribution in [2.45, 2.75) is 31.5 Å². The van der Waals surface area contributed by atoms with Crippen molar-refractivity contribution >= 4 is 17.9 Å². The first-order valence-electron chi connectivity index (χ1n) is 13.5. The molecule has 0 amide bonds. The van der Waals surface area contributed by atoms with Gasteiger partial charge in [-0.2, -0.15) is 0 Å². The van der Waals surface area contributed by atoms with Crippen LogP contribution < -0.4 is 10.6 Å².